The highest BCUT2D eigenvalue weighted by molar-refractivity contribution is 7.14. The van der Waals surface area contributed by atoms with E-state index >= 15 is 0 Å². The zero-order valence-electron chi connectivity index (χ0n) is 14.5. The zero-order chi connectivity index (χ0) is 19.4. The first-order chi connectivity index (χ1) is 13.0. The maximum Gasteiger partial charge on any atom is 0.357 e. The molecule has 1 amide bonds. The van der Waals surface area contributed by atoms with Crippen LogP contribution in [0.15, 0.2) is 45.1 Å². The topological polar surface area (TPSA) is 116 Å². The van der Waals surface area contributed by atoms with Crippen LogP contribution in [-0.2, 0) is 9.53 Å². The van der Waals surface area contributed by atoms with Gasteiger partial charge in [-0.15, -0.1) is 11.3 Å². The number of thiazole rings is 1. The third kappa shape index (κ3) is 4.11. The number of rotatable bonds is 6. The first-order valence-electron chi connectivity index (χ1n) is 8.07. The number of aromatic nitrogens is 3. The summed E-state index contributed by atoms with van der Waals surface area (Å²) in [5.41, 5.74) is 0.109. The summed E-state index contributed by atoms with van der Waals surface area (Å²) < 4.78 is 11.2. The summed E-state index contributed by atoms with van der Waals surface area (Å²) in [4.78, 5) is 40.3. The number of amides is 1. The molecule has 3 aromatic rings. The number of anilines is 1. The summed E-state index contributed by atoms with van der Waals surface area (Å²) in [6.45, 7) is 3.46. The Labute approximate surface area is 157 Å². The van der Waals surface area contributed by atoms with Gasteiger partial charge in [0, 0.05) is 11.4 Å². The van der Waals surface area contributed by atoms with Crippen LogP contribution < -0.4 is 10.9 Å². The van der Waals surface area contributed by atoms with E-state index in [1.165, 1.54) is 30.7 Å². The van der Waals surface area contributed by atoms with E-state index in [4.69, 9.17) is 9.15 Å². The van der Waals surface area contributed by atoms with E-state index in [0.717, 1.165) is 16.0 Å². The van der Waals surface area contributed by atoms with Crippen LogP contribution in [0.3, 0.4) is 0 Å². The Kier molecular flexibility index (Phi) is 5.46. The van der Waals surface area contributed by atoms with Gasteiger partial charge in [-0.05, 0) is 32.0 Å². The summed E-state index contributed by atoms with van der Waals surface area (Å²) in [6, 6.07) is 5.34. The molecule has 0 aromatic carbocycles. The van der Waals surface area contributed by atoms with Crippen LogP contribution in [0.5, 0.6) is 0 Å². The minimum absolute atomic E-state index is 0.111. The van der Waals surface area contributed by atoms with E-state index in [-0.39, 0.29) is 17.4 Å². The summed E-state index contributed by atoms with van der Waals surface area (Å²) in [7, 11) is 0. The molecule has 0 aliphatic heterocycles. The molecule has 10 heteroatoms. The number of nitrogens with zero attached hydrogens (tertiary/aromatic N) is 3. The largest absolute Gasteiger partial charge is 0.463 e. The summed E-state index contributed by atoms with van der Waals surface area (Å²) in [5.74, 6) is -0.576. The van der Waals surface area contributed by atoms with Crippen molar-refractivity contribution in [2.45, 2.75) is 19.9 Å². The zero-order valence-corrected chi connectivity index (χ0v) is 15.4. The Bertz CT molecular complexity index is 1010. The van der Waals surface area contributed by atoms with Gasteiger partial charge in [0.2, 0.25) is 0 Å². The van der Waals surface area contributed by atoms with Crippen LogP contribution in [0.2, 0.25) is 0 Å². The van der Waals surface area contributed by atoms with Gasteiger partial charge in [-0.1, -0.05) is 0 Å². The Balaban J connectivity index is 1.77. The number of esters is 1. The minimum atomic E-state index is -0.901. The molecule has 3 rings (SSSR count). The molecule has 3 heterocycles. The highest BCUT2D eigenvalue weighted by atomic mass is 32.1. The Morgan fingerprint density at radius 2 is 2.19 bits per heavy atom. The van der Waals surface area contributed by atoms with Gasteiger partial charge in [0.25, 0.3) is 11.5 Å². The maximum absolute atomic E-state index is 12.5. The number of hydrogen-bond acceptors (Lipinski definition) is 8. The molecule has 3 aromatic heterocycles. The Morgan fingerprint density at radius 1 is 1.37 bits per heavy atom. The molecule has 140 valence electrons. The van der Waals surface area contributed by atoms with Gasteiger partial charge >= 0.3 is 5.97 Å². The molecule has 9 nitrogen and oxygen atoms in total. The number of hydrogen-bond donors (Lipinski definition) is 1. The SMILES string of the molecule is CCOC(=O)c1csc(NC(=O)C(C)n2nc(-c3ccco3)ccc2=O)n1. The van der Waals surface area contributed by atoms with Gasteiger partial charge in [0.05, 0.1) is 12.9 Å². The predicted molar refractivity (Wildman–Crippen MR) is 97.6 cm³/mol. The lowest BCUT2D eigenvalue weighted by molar-refractivity contribution is -0.119. The fraction of sp³-hybridized carbons (Fsp3) is 0.235. The monoisotopic (exact) mass is 388 g/mol. The van der Waals surface area contributed by atoms with Gasteiger partial charge in [-0.2, -0.15) is 5.10 Å². The second-order valence-electron chi connectivity index (χ2n) is 5.40. The maximum atomic E-state index is 12.5. The molecule has 0 radical (unpaired) electrons. The van der Waals surface area contributed by atoms with E-state index in [2.05, 4.69) is 15.4 Å². The molecule has 0 saturated carbocycles. The number of nitrogens with one attached hydrogen (secondary N) is 1. The molecule has 0 spiro atoms. The van der Waals surface area contributed by atoms with Crippen molar-refractivity contribution in [2.24, 2.45) is 0 Å². The first kappa shape index (κ1) is 18.5. The Morgan fingerprint density at radius 3 is 2.89 bits per heavy atom. The lowest BCUT2D eigenvalue weighted by Crippen LogP contribution is -2.33. The standard InChI is InChI=1S/C17H16N4O5S/c1-3-25-16(24)12-9-27-17(18-12)19-15(23)10(2)21-14(22)7-6-11(20-21)13-5-4-8-26-13/h4-10H,3H2,1-2H3,(H,18,19,23). The van der Waals surface area contributed by atoms with E-state index in [1.807, 2.05) is 0 Å². The molecule has 0 aliphatic rings. The average Bonchev–Trinajstić information content (AvgIpc) is 3.34. The molecule has 0 bridgehead atoms. The van der Waals surface area contributed by atoms with Crippen LogP contribution in [0.4, 0.5) is 5.13 Å². The third-order valence-corrected chi connectivity index (χ3v) is 4.32. The third-order valence-electron chi connectivity index (χ3n) is 3.56. The molecule has 1 atom stereocenters. The second kappa shape index (κ2) is 7.96. The van der Waals surface area contributed by atoms with E-state index in [1.54, 1.807) is 19.1 Å². The van der Waals surface area contributed by atoms with Crippen LogP contribution >= 0.6 is 11.3 Å². The molecule has 1 N–H and O–H groups in total. The van der Waals surface area contributed by atoms with Crippen molar-refractivity contribution < 1.29 is 18.7 Å². The Hall–Kier alpha value is -3.27. The van der Waals surface area contributed by atoms with Crippen LogP contribution in [0.25, 0.3) is 11.5 Å². The number of ether oxygens (including phenoxy) is 1. The highest BCUT2D eigenvalue weighted by Gasteiger charge is 2.20. The fourth-order valence-electron chi connectivity index (χ4n) is 2.21. The molecule has 0 saturated heterocycles. The normalized spacial score (nSPS) is 11.8. The van der Waals surface area contributed by atoms with E-state index in [9.17, 15) is 14.4 Å². The number of carbonyl (C=O) groups excluding carboxylic acids is 2. The quantitative estimate of drug-likeness (QED) is 0.644. The fourth-order valence-corrected chi connectivity index (χ4v) is 2.89. The van der Waals surface area contributed by atoms with Crippen molar-refractivity contribution in [1.82, 2.24) is 14.8 Å². The van der Waals surface area contributed by atoms with Crippen molar-refractivity contribution in [1.29, 1.82) is 0 Å². The van der Waals surface area contributed by atoms with Gasteiger partial charge in [-0.3, -0.25) is 9.59 Å². The van der Waals surface area contributed by atoms with Crippen LogP contribution in [0.1, 0.15) is 30.4 Å². The summed E-state index contributed by atoms with van der Waals surface area (Å²) in [6.07, 6.45) is 1.49. The molecule has 27 heavy (non-hydrogen) atoms. The second-order valence-corrected chi connectivity index (χ2v) is 6.26. The smallest absolute Gasteiger partial charge is 0.357 e. The molecular weight excluding hydrogens is 372 g/mol. The van der Waals surface area contributed by atoms with Crippen molar-refractivity contribution in [3.8, 4) is 11.5 Å². The van der Waals surface area contributed by atoms with Gasteiger partial charge < -0.3 is 14.5 Å². The first-order valence-corrected chi connectivity index (χ1v) is 8.94. The lowest BCUT2D eigenvalue weighted by atomic mass is 10.3. The van der Waals surface area contributed by atoms with Crippen molar-refractivity contribution in [3.63, 3.8) is 0 Å². The van der Waals surface area contributed by atoms with E-state index < -0.39 is 23.5 Å². The number of furan rings is 1. The van der Waals surface area contributed by atoms with Crippen molar-refractivity contribution in [3.05, 3.63) is 52.0 Å². The predicted octanol–water partition coefficient (Wildman–Crippen LogP) is 2.34. The van der Waals surface area contributed by atoms with Crippen molar-refractivity contribution in [2.75, 3.05) is 11.9 Å². The lowest BCUT2D eigenvalue weighted by Gasteiger charge is -2.13. The van der Waals surface area contributed by atoms with E-state index in [0.29, 0.717) is 11.5 Å². The van der Waals surface area contributed by atoms with Crippen LogP contribution in [0, 0.1) is 0 Å². The molecule has 0 fully saturated rings. The highest BCUT2D eigenvalue weighted by Crippen LogP contribution is 2.19. The van der Waals surface area contributed by atoms with Gasteiger partial charge in [0.1, 0.15) is 11.7 Å². The summed E-state index contributed by atoms with van der Waals surface area (Å²) >= 11 is 1.08. The van der Waals surface area contributed by atoms with Gasteiger partial charge in [-0.25, -0.2) is 14.5 Å². The van der Waals surface area contributed by atoms with Gasteiger partial charge in [0.15, 0.2) is 16.6 Å². The van der Waals surface area contributed by atoms with Crippen LogP contribution in [-0.4, -0.2) is 33.2 Å². The molecule has 1 unspecified atom stereocenters. The number of carbonyl (C=O) groups is 2. The average molecular weight is 388 g/mol. The minimum Gasteiger partial charge on any atom is -0.463 e. The summed E-state index contributed by atoms with van der Waals surface area (Å²) in [5, 5.41) is 8.48. The molecule has 0 aliphatic carbocycles. The van der Waals surface area contributed by atoms with Crippen molar-refractivity contribution >= 4 is 28.3 Å². The molecular formula is C17H16N4O5S.